The Hall–Kier alpha value is -3.46. The third-order valence-electron chi connectivity index (χ3n) is 3.84. The molecule has 2 aromatic carbocycles. The minimum absolute atomic E-state index is 0.0151. The summed E-state index contributed by atoms with van der Waals surface area (Å²) in [4.78, 5) is 47.2. The molecule has 136 valence electrons. The molecule has 27 heavy (non-hydrogen) atoms. The summed E-state index contributed by atoms with van der Waals surface area (Å²) in [6.07, 6.45) is 1.33. The molecule has 2 aromatic rings. The van der Waals surface area contributed by atoms with Crippen LogP contribution in [0.5, 0.6) is 0 Å². The molecule has 0 aliphatic carbocycles. The van der Waals surface area contributed by atoms with E-state index in [0.717, 1.165) is 4.90 Å². The average molecular weight is 384 g/mol. The molecule has 8 nitrogen and oxygen atoms in total. The summed E-state index contributed by atoms with van der Waals surface area (Å²) in [5, 5.41) is 19.5. The van der Waals surface area contributed by atoms with Crippen molar-refractivity contribution < 1.29 is 24.4 Å². The molecule has 0 spiro atoms. The van der Waals surface area contributed by atoms with Crippen molar-refractivity contribution in [2.45, 2.75) is 6.54 Å². The van der Waals surface area contributed by atoms with E-state index in [1.165, 1.54) is 48.5 Å². The van der Waals surface area contributed by atoms with Crippen molar-refractivity contribution in [3.8, 4) is 0 Å². The lowest BCUT2D eigenvalue weighted by Gasteiger charge is -2.12. The van der Waals surface area contributed by atoms with E-state index in [4.69, 9.17) is 5.11 Å². The normalized spacial score (nSPS) is 15.4. The molecule has 1 heterocycles. The number of hydrogen-bond donors (Lipinski definition) is 1. The van der Waals surface area contributed by atoms with Crippen molar-refractivity contribution in [3.05, 3.63) is 80.2 Å². The van der Waals surface area contributed by atoms with E-state index in [9.17, 15) is 24.5 Å². The molecule has 1 aliphatic heterocycles. The van der Waals surface area contributed by atoms with Crippen LogP contribution in [0, 0.1) is 10.1 Å². The quantitative estimate of drug-likeness (QED) is 0.476. The summed E-state index contributed by atoms with van der Waals surface area (Å²) in [5.41, 5.74) is 0.769. The molecule has 0 radical (unpaired) electrons. The van der Waals surface area contributed by atoms with Gasteiger partial charge in [-0.1, -0.05) is 24.3 Å². The predicted octanol–water partition coefficient (Wildman–Crippen LogP) is 3.53. The summed E-state index contributed by atoms with van der Waals surface area (Å²) in [5.74, 6) is -1.62. The van der Waals surface area contributed by atoms with Crippen molar-refractivity contribution in [3.63, 3.8) is 0 Å². The minimum Gasteiger partial charge on any atom is -0.478 e. The molecule has 9 heteroatoms. The van der Waals surface area contributed by atoms with Crippen LogP contribution in [-0.4, -0.2) is 32.0 Å². The molecule has 1 saturated heterocycles. The molecule has 0 unspecified atom stereocenters. The van der Waals surface area contributed by atoms with Gasteiger partial charge in [-0.2, -0.15) is 0 Å². The third-order valence-corrected chi connectivity index (χ3v) is 4.74. The number of nitro benzene ring substituents is 1. The zero-order chi connectivity index (χ0) is 19.6. The molecular weight excluding hydrogens is 372 g/mol. The molecule has 1 fully saturated rings. The number of thioether (sulfide) groups is 1. The molecule has 0 bridgehead atoms. The number of hydrogen-bond acceptors (Lipinski definition) is 6. The van der Waals surface area contributed by atoms with Gasteiger partial charge in [0.1, 0.15) is 0 Å². The van der Waals surface area contributed by atoms with Crippen LogP contribution in [0.2, 0.25) is 0 Å². The number of para-hydroxylation sites is 1. The van der Waals surface area contributed by atoms with Crippen molar-refractivity contribution in [1.29, 1.82) is 0 Å². The zero-order valence-corrected chi connectivity index (χ0v) is 14.5. The van der Waals surface area contributed by atoms with Crippen LogP contribution in [-0.2, 0) is 11.3 Å². The van der Waals surface area contributed by atoms with Crippen LogP contribution < -0.4 is 0 Å². The smallest absolute Gasteiger partial charge is 0.335 e. The fourth-order valence-corrected chi connectivity index (χ4v) is 3.32. The molecule has 2 amide bonds. The van der Waals surface area contributed by atoms with Gasteiger partial charge in [0.05, 0.1) is 27.5 Å². The number of imide groups is 1. The maximum Gasteiger partial charge on any atom is 0.335 e. The number of amides is 2. The molecular formula is C18H12N2O6S. The highest BCUT2D eigenvalue weighted by atomic mass is 32.2. The van der Waals surface area contributed by atoms with E-state index in [-0.39, 0.29) is 28.3 Å². The number of carboxylic acid groups (broad SMARTS) is 1. The molecule has 0 aromatic heterocycles. The first-order chi connectivity index (χ1) is 12.9. The number of nitro groups is 1. The number of carbonyl (C=O) groups excluding carboxylic acids is 2. The number of aromatic carboxylic acids is 1. The predicted molar refractivity (Wildman–Crippen MR) is 98.0 cm³/mol. The Morgan fingerprint density at radius 2 is 1.81 bits per heavy atom. The molecule has 3 rings (SSSR count). The van der Waals surface area contributed by atoms with Gasteiger partial charge in [-0.25, -0.2) is 4.79 Å². The van der Waals surface area contributed by atoms with E-state index in [1.807, 2.05) is 0 Å². The molecule has 0 saturated carbocycles. The largest absolute Gasteiger partial charge is 0.478 e. The Morgan fingerprint density at radius 3 is 2.44 bits per heavy atom. The Balaban J connectivity index is 1.83. The first-order valence-electron chi connectivity index (χ1n) is 7.68. The fourth-order valence-electron chi connectivity index (χ4n) is 2.49. The standard InChI is InChI=1S/C18H12N2O6S/c21-16-15(9-13-3-1-2-4-14(13)20(25)26)27-18(24)19(16)10-11-5-7-12(8-6-11)17(22)23/h1-9H,10H2,(H,22,23). The lowest BCUT2D eigenvalue weighted by molar-refractivity contribution is -0.385. The van der Waals surface area contributed by atoms with Gasteiger partial charge in [-0.05, 0) is 41.6 Å². The number of benzene rings is 2. The fraction of sp³-hybridized carbons (Fsp3) is 0.0556. The van der Waals surface area contributed by atoms with Crippen LogP contribution in [0.3, 0.4) is 0 Å². The van der Waals surface area contributed by atoms with Crippen LogP contribution in [0.25, 0.3) is 6.08 Å². The van der Waals surface area contributed by atoms with Crippen LogP contribution in [0.15, 0.2) is 53.4 Å². The Bertz CT molecular complexity index is 984. The number of nitrogens with zero attached hydrogens (tertiary/aromatic N) is 2. The van der Waals surface area contributed by atoms with Crippen LogP contribution >= 0.6 is 11.8 Å². The van der Waals surface area contributed by atoms with Crippen LogP contribution in [0.1, 0.15) is 21.5 Å². The number of carbonyl (C=O) groups is 3. The van der Waals surface area contributed by atoms with Gasteiger partial charge in [0.15, 0.2) is 0 Å². The van der Waals surface area contributed by atoms with E-state index in [2.05, 4.69) is 0 Å². The van der Waals surface area contributed by atoms with E-state index < -0.39 is 22.0 Å². The SMILES string of the molecule is O=C(O)c1ccc(CN2C(=O)SC(=Cc3ccccc3[N+](=O)[O-])C2=O)cc1. The van der Waals surface area contributed by atoms with Crippen molar-refractivity contribution in [2.24, 2.45) is 0 Å². The summed E-state index contributed by atoms with van der Waals surface area (Å²) in [7, 11) is 0. The maximum atomic E-state index is 12.5. The van der Waals surface area contributed by atoms with Crippen LogP contribution in [0.4, 0.5) is 10.5 Å². The maximum absolute atomic E-state index is 12.5. The topological polar surface area (TPSA) is 118 Å². The minimum atomic E-state index is -1.07. The second-order valence-electron chi connectivity index (χ2n) is 5.59. The lowest BCUT2D eigenvalue weighted by atomic mass is 10.1. The monoisotopic (exact) mass is 384 g/mol. The van der Waals surface area contributed by atoms with Gasteiger partial charge in [-0.15, -0.1) is 0 Å². The number of rotatable bonds is 5. The summed E-state index contributed by atoms with van der Waals surface area (Å²) < 4.78 is 0. The van der Waals surface area contributed by atoms with E-state index in [0.29, 0.717) is 17.3 Å². The summed E-state index contributed by atoms with van der Waals surface area (Å²) >= 11 is 0.706. The Labute approximate surface area is 157 Å². The third kappa shape index (κ3) is 3.87. The first kappa shape index (κ1) is 18.3. The second-order valence-corrected chi connectivity index (χ2v) is 6.58. The van der Waals surface area contributed by atoms with Crippen molar-refractivity contribution in [1.82, 2.24) is 4.90 Å². The number of carboxylic acids is 1. The van der Waals surface area contributed by atoms with Gasteiger partial charge < -0.3 is 5.11 Å². The van der Waals surface area contributed by atoms with Crippen molar-refractivity contribution in [2.75, 3.05) is 0 Å². The van der Waals surface area contributed by atoms with Gasteiger partial charge in [-0.3, -0.25) is 24.6 Å². The zero-order valence-electron chi connectivity index (χ0n) is 13.7. The van der Waals surface area contributed by atoms with Gasteiger partial charge in [0, 0.05) is 6.07 Å². The first-order valence-corrected chi connectivity index (χ1v) is 8.49. The lowest BCUT2D eigenvalue weighted by Crippen LogP contribution is -2.27. The van der Waals surface area contributed by atoms with Crippen molar-refractivity contribution >= 4 is 40.6 Å². The molecule has 1 aliphatic rings. The van der Waals surface area contributed by atoms with E-state index in [1.54, 1.807) is 6.07 Å². The molecule has 0 atom stereocenters. The van der Waals surface area contributed by atoms with Gasteiger partial charge in [0.2, 0.25) is 0 Å². The highest BCUT2D eigenvalue weighted by molar-refractivity contribution is 8.18. The van der Waals surface area contributed by atoms with Gasteiger partial charge >= 0.3 is 5.97 Å². The highest BCUT2D eigenvalue weighted by Crippen LogP contribution is 2.34. The Morgan fingerprint density at radius 1 is 1.15 bits per heavy atom. The van der Waals surface area contributed by atoms with Gasteiger partial charge in [0.25, 0.3) is 16.8 Å². The summed E-state index contributed by atoms with van der Waals surface area (Å²) in [6.45, 7) is -0.0151. The second kappa shape index (κ2) is 7.42. The highest BCUT2D eigenvalue weighted by Gasteiger charge is 2.35. The van der Waals surface area contributed by atoms with E-state index >= 15 is 0 Å². The molecule has 1 N–H and O–H groups in total. The Kier molecular flexibility index (Phi) is 5.04. The average Bonchev–Trinajstić information content (AvgIpc) is 2.90. The summed E-state index contributed by atoms with van der Waals surface area (Å²) in [6, 6.07) is 11.8.